The molecular weight excluding hydrogens is 391 g/mol. The van der Waals surface area contributed by atoms with E-state index >= 15 is 0 Å². The first-order chi connectivity index (χ1) is 14.1. The third-order valence-electron chi connectivity index (χ3n) is 4.46. The molecule has 0 aliphatic carbocycles. The number of carboxylic acid groups (broad SMARTS) is 1. The Balaban J connectivity index is 0.00000171. The van der Waals surface area contributed by atoms with E-state index in [0.29, 0.717) is 5.56 Å². The van der Waals surface area contributed by atoms with E-state index < -0.39 is 11.9 Å². The summed E-state index contributed by atoms with van der Waals surface area (Å²) in [6, 6.07) is 17.8. The molecule has 2 aromatic heterocycles. The summed E-state index contributed by atoms with van der Waals surface area (Å²) in [5.41, 5.74) is 3.77. The van der Waals surface area contributed by atoms with Gasteiger partial charge in [-0.1, -0.05) is 36.4 Å². The standard InChI is InChI=1S/C23H16N2O4.Na.H/c26-22(19-10-18(12-24-13-19)15-4-2-1-3-5-15)25-21-11-16(17-8-9-29-14-17)6-7-20(21)23(27)28;;/h1-14H,(H,25,26)(H,27,28);;/q;+1;-1. The Bertz CT molecular complexity index is 1180. The molecule has 0 saturated carbocycles. The molecule has 0 fully saturated rings. The van der Waals surface area contributed by atoms with Crippen LogP contribution in [0.5, 0.6) is 0 Å². The summed E-state index contributed by atoms with van der Waals surface area (Å²) < 4.78 is 5.08. The number of carbonyl (C=O) groups is 2. The van der Waals surface area contributed by atoms with Crippen LogP contribution < -0.4 is 34.9 Å². The molecule has 0 saturated heterocycles. The molecule has 1 amide bonds. The molecule has 0 aliphatic rings. The normalized spacial score (nSPS) is 10.1. The van der Waals surface area contributed by atoms with Gasteiger partial charge in [-0.25, -0.2) is 4.79 Å². The molecule has 0 aliphatic heterocycles. The van der Waals surface area contributed by atoms with Crippen LogP contribution in [0, 0.1) is 0 Å². The molecule has 0 bridgehead atoms. The first-order valence-corrected chi connectivity index (χ1v) is 8.83. The van der Waals surface area contributed by atoms with Crippen LogP contribution >= 0.6 is 0 Å². The van der Waals surface area contributed by atoms with Crippen LogP contribution in [0.3, 0.4) is 0 Å². The van der Waals surface area contributed by atoms with E-state index in [0.717, 1.165) is 22.3 Å². The van der Waals surface area contributed by atoms with Gasteiger partial charge in [-0.3, -0.25) is 9.78 Å². The molecule has 2 N–H and O–H groups in total. The van der Waals surface area contributed by atoms with Crippen LogP contribution in [-0.4, -0.2) is 22.0 Å². The Labute approximate surface area is 196 Å². The number of nitrogens with zero attached hydrogens (tertiary/aromatic N) is 1. The molecule has 0 unspecified atom stereocenters. The maximum Gasteiger partial charge on any atom is 1.00 e. The number of nitrogens with one attached hydrogen (secondary N) is 1. The second-order valence-electron chi connectivity index (χ2n) is 6.36. The van der Waals surface area contributed by atoms with Crippen LogP contribution in [0.2, 0.25) is 0 Å². The topological polar surface area (TPSA) is 92.4 Å². The van der Waals surface area contributed by atoms with Crippen LogP contribution in [0.1, 0.15) is 22.1 Å². The summed E-state index contributed by atoms with van der Waals surface area (Å²) in [6.07, 6.45) is 6.20. The van der Waals surface area contributed by atoms with Crippen molar-refractivity contribution in [1.82, 2.24) is 4.98 Å². The number of carboxylic acids is 1. The molecule has 0 radical (unpaired) electrons. The molecular formula is C23H17N2NaO4. The number of benzene rings is 2. The molecule has 4 aromatic rings. The van der Waals surface area contributed by atoms with E-state index in [2.05, 4.69) is 10.3 Å². The van der Waals surface area contributed by atoms with Gasteiger partial charge in [0, 0.05) is 23.5 Å². The van der Waals surface area contributed by atoms with Crippen molar-refractivity contribution in [2.24, 2.45) is 0 Å². The molecule has 2 aromatic carbocycles. The molecule has 7 heteroatoms. The number of furan rings is 1. The van der Waals surface area contributed by atoms with Crippen LogP contribution in [-0.2, 0) is 0 Å². The zero-order valence-electron chi connectivity index (χ0n) is 17.2. The Hall–Kier alpha value is -3.19. The van der Waals surface area contributed by atoms with Crippen molar-refractivity contribution in [3.8, 4) is 22.3 Å². The van der Waals surface area contributed by atoms with E-state index in [1.807, 2.05) is 30.3 Å². The van der Waals surface area contributed by atoms with Crippen molar-refractivity contribution in [3.63, 3.8) is 0 Å². The van der Waals surface area contributed by atoms with Gasteiger partial charge in [-0.05, 0) is 35.4 Å². The monoisotopic (exact) mass is 408 g/mol. The van der Waals surface area contributed by atoms with Gasteiger partial charge in [0.15, 0.2) is 0 Å². The molecule has 0 atom stereocenters. The zero-order valence-corrected chi connectivity index (χ0v) is 18.2. The summed E-state index contributed by atoms with van der Waals surface area (Å²) >= 11 is 0. The van der Waals surface area contributed by atoms with Crippen LogP contribution in [0.4, 0.5) is 5.69 Å². The van der Waals surface area contributed by atoms with Gasteiger partial charge >= 0.3 is 35.5 Å². The summed E-state index contributed by atoms with van der Waals surface area (Å²) in [5, 5.41) is 12.2. The minimum Gasteiger partial charge on any atom is -1.00 e. The number of anilines is 1. The number of pyridine rings is 1. The Morgan fingerprint density at radius 1 is 0.900 bits per heavy atom. The zero-order chi connectivity index (χ0) is 20.2. The van der Waals surface area contributed by atoms with Crippen molar-refractivity contribution in [2.45, 2.75) is 0 Å². The molecule has 144 valence electrons. The van der Waals surface area contributed by atoms with Crippen molar-refractivity contribution in [2.75, 3.05) is 5.32 Å². The van der Waals surface area contributed by atoms with Gasteiger partial charge in [0.1, 0.15) is 0 Å². The average Bonchev–Trinajstić information content (AvgIpc) is 3.29. The molecule has 2 heterocycles. The fourth-order valence-electron chi connectivity index (χ4n) is 2.99. The number of aromatic carboxylic acids is 1. The molecule has 30 heavy (non-hydrogen) atoms. The first-order valence-electron chi connectivity index (χ1n) is 8.83. The maximum absolute atomic E-state index is 12.8. The fourth-order valence-corrected chi connectivity index (χ4v) is 2.99. The number of hydrogen-bond acceptors (Lipinski definition) is 4. The van der Waals surface area contributed by atoms with Gasteiger partial charge < -0.3 is 16.3 Å². The van der Waals surface area contributed by atoms with Gasteiger partial charge in [0.25, 0.3) is 5.91 Å². The molecule has 6 nitrogen and oxygen atoms in total. The first kappa shape index (κ1) is 21.5. The van der Waals surface area contributed by atoms with E-state index in [9.17, 15) is 14.7 Å². The Morgan fingerprint density at radius 3 is 2.40 bits per heavy atom. The van der Waals surface area contributed by atoms with E-state index in [1.54, 1.807) is 36.7 Å². The minimum absolute atomic E-state index is 0. The SMILES string of the molecule is O=C(Nc1cc(-c2ccoc2)ccc1C(=O)O)c1cncc(-c2ccccc2)c1.[H-].[Na+]. The van der Waals surface area contributed by atoms with Crippen molar-refractivity contribution >= 4 is 17.6 Å². The quantitative estimate of drug-likeness (QED) is 0.494. The summed E-state index contributed by atoms with van der Waals surface area (Å²) in [5.74, 6) is -1.57. The number of aromatic nitrogens is 1. The van der Waals surface area contributed by atoms with Gasteiger partial charge in [-0.2, -0.15) is 0 Å². The smallest absolute Gasteiger partial charge is 1.00 e. The Morgan fingerprint density at radius 2 is 1.70 bits per heavy atom. The average molecular weight is 408 g/mol. The van der Waals surface area contributed by atoms with Crippen molar-refractivity contribution < 1.29 is 50.1 Å². The third kappa shape index (κ3) is 4.68. The second-order valence-corrected chi connectivity index (χ2v) is 6.36. The summed E-state index contributed by atoms with van der Waals surface area (Å²) in [6.45, 7) is 0. The fraction of sp³-hybridized carbons (Fsp3) is 0. The summed E-state index contributed by atoms with van der Waals surface area (Å²) in [4.78, 5) is 28.6. The van der Waals surface area contributed by atoms with Crippen molar-refractivity contribution in [1.29, 1.82) is 0 Å². The van der Waals surface area contributed by atoms with Gasteiger partial charge in [0.2, 0.25) is 0 Å². The van der Waals surface area contributed by atoms with E-state index in [4.69, 9.17) is 4.42 Å². The number of carbonyl (C=O) groups excluding carboxylic acids is 1. The number of hydrogen-bond donors (Lipinski definition) is 2. The third-order valence-corrected chi connectivity index (χ3v) is 4.46. The number of rotatable bonds is 5. The van der Waals surface area contributed by atoms with Gasteiger partial charge in [-0.15, -0.1) is 0 Å². The van der Waals surface area contributed by atoms with E-state index in [1.165, 1.54) is 18.5 Å². The number of amides is 1. The predicted octanol–water partition coefficient (Wildman–Crippen LogP) is 2.08. The second kappa shape index (κ2) is 9.54. The van der Waals surface area contributed by atoms with E-state index in [-0.39, 0.29) is 42.2 Å². The summed E-state index contributed by atoms with van der Waals surface area (Å²) in [7, 11) is 0. The van der Waals surface area contributed by atoms with Crippen LogP contribution in [0.15, 0.2) is 90.0 Å². The van der Waals surface area contributed by atoms with Crippen LogP contribution in [0.25, 0.3) is 22.3 Å². The largest absolute Gasteiger partial charge is 1.00 e. The molecule has 0 spiro atoms. The van der Waals surface area contributed by atoms with Gasteiger partial charge in [0.05, 0.1) is 29.3 Å². The maximum atomic E-state index is 12.8. The Kier molecular flexibility index (Phi) is 6.84. The predicted molar refractivity (Wildman–Crippen MR) is 110 cm³/mol. The molecule has 4 rings (SSSR count). The minimum atomic E-state index is -1.13. The van der Waals surface area contributed by atoms with Crippen molar-refractivity contribution in [3.05, 3.63) is 96.7 Å².